The van der Waals surface area contributed by atoms with Gasteiger partial charge in [-0.3, -0.25) is 4.79 Å². The van der Waals surface area contributed by atoms with E-state index >= 15 is 0 Å². The highest BCUT2D eigenvalue weighted by Crippen LogP contribution is 2.40. The van der Waals surface area contributed by atoms with Crippen molar-refractivity contribution in [1.82, 2.24) is 15.4 Å². The Morgan fingerprint density at radius 1 is 1.33 bits per heavy atom. The van der Waals surface area contributed by atoms with Crippen LogP contribution in [0.1, 0.15) is 60.7 Å². The van der Waals surface area contributed by atoms with Gasteiger partial charge in [0.1, 0.15) is 5.76 Å². The summed E-state index contributed by atoms with van der Waals surface area (Å²) in [6.45, 7) is 3.30. The van der Waals surface area contributed by atoms with E-state index in [1.165, 1.54) is 25.8 Å². The van der Waals surface area contributed by atoms with Crippen LogP contribution in [-0.2, 0) is 0 Å². The summed E-state index contributed by atoms with van der Waals surface area (Å²) in [5.74, 6) is 2.19. The molecule has 3 fully saturated rings. The molecule has 0 radical (unpaired) electrons. The van der Waals surface area contributed by atoms with E-state index in [1.807, 2.05) is 6.07 Å². The molecule has 0 bridgehead atoms. The Kier molecular flexibility index (Phi) is 3.45. The second-order valence-corrected chi connectivity index (χ2v) is 6.90. The van der Waals surface area contributed by atoms with Gasteiger partial charge < -0.3 is 14.7 Å². The van der Waals surface area contributed by atoms with E-state index in [0.717, 1.165) is 44.0 Å². The third kappa shape index (κ3) is 2.98. The molecule has 4 rings (SSSR count). The van der Waals surface area contributed by atoms with Crippen molar-refractivity contribution in [2.24, 2.45) is 5.92 Å². The summed E-state index contributed by atoms with van der Waals surface area (Å²) in [7, 11) is 0. The Morgan fingerprint density at radius 2 is 2.19 bits per heavy atom. The van der Waals surface area contributed by atoms with Crippen molar-refractivity contribution < 1.29 is 9.32 Å². The van der Waals surface area contributed by atoms with E-state index in [4.69, 9.17) is 4.52 Å². The Morgan fingerprint density at radius 3 is 2.90 bits per heavy atom. The summed E-state index contributed by atoms with van der Waals surface area (Å²) in [5.41, 5.74) is 0.439. The maximum absolute atomic E-state index is 12.2. The predicted molar refractivity (Wildman–Crippen MR) is 78.1 cm³/mol. The minimum atomic E-state index is -0.0823. The molecular formula is C16H23N3O2. The maximum Gasteiger partial charge on any atom is 0.273 e. The lowest BCUT2D eigenvalue weighted by Crippen LogP contribution is -2.38. The molecule has 1 N–H and O–H groups in total. The molecule has 5 nitrogen and oxygen atoms in total. The Labute approximate surface area is 125 Å². The molecule has 1 saturated heterocycles. The zero-order valence-corrected chi connectivity index (χ0v) is 12.4. The molecule has 0 aromatic carbocycles. The van der Waals surface area contributed by atoms with E-state index in [-0.39, 0.29) is 11.9 Å². The molecular weight excluding hydrogens is 266 g/mol. The summed E-state index contributed by atoms with van der Waals surface area (Å²) in [6, 6.07) is 2.08. The fourth-order valence-electron chi connectivity index (χ4n) is 3.37. The lowest BCUT2D eigenvalue weighted by atomic mass is 9.85. The van der Waals surface area contributed by atoms with Gasteiger partial charge in [-0.05, 0) is 38.0 Å². The second-order valence-electron chi connectivity index (χ2n) is 6.90. The van der Waals surface area contributed by atoms with E-state index in [0.29, 0.717) is 11.6 Å². The van der Waals surface area contributed by atoms with Gasteiger partial charge >= 0.3 is 0 Å². The monoisotopic (exact) mass is 289 g/mol. The number of amides is 1. The van der Waals surface area contributed by atoms with Gasteiger partial charge in [-0.1, -0.05) is 11.6 Å². The normalized spacial score (nSPS) is 26.8. The molecule has 21 heavy (non-hydrogen) atoms. The van der Waals surface area contributed by atoms with E-state index < -0.39 is 0 Å². The molecule has 2 saturated carbocycles. The Hall–Kier alpha value is -1.36. The van der Waals surface area contributed by atoms with Gasteiger partial charge in [0.2, 0.25) is 0 Å². The van der Waals surface area contributed by atoms with Gasteiger partial charge in [0.25, 0.3) is 5.91 Å². The van der Waals surface area contributed by atoms with E-state index in [9.17, 15) is 4.79 Å². The fraction of sp³-hybridized carbons (Fsp3) is 0.750. The molecule has 1 aromatic rings. The highest BCUT2D eigenvalue weighted by Gasteiger charge is 2.31. The highest BCUT2D eigenvalue weighted by atomic mass is 16.5. The first kappa shape index (κ1) is 13.3. The number of aromatic nitrogens is 1. The molecule has 2 aliphatic carbocycles. The number of likely N-dealkylation sites (tertiary alicyclic amines) is 1. The first-order valence-electron chi connectivity index (χ1n) is 8.28. The number of carbonyl (C=O) groups excluding carboxylic acids is 1. The van der Waals surface area contributed by atoms with Gasteiger partial charge in [0.15, 0.2) is 5.69 Å². The number of nitrogens with one attached hydrogen (secondary N) is 1. The lowest BCUT2D eigenvalue weighted by Gasteiger charge is -2.30. The van der Waals surface area contributed by atoms with Crippen molar-refractivity contribution in [3.05, 3.63) is 17.5 Å². The Balaban J connectivity index is 1.27. The zero-order valence-electron chi connectivity index (χ0n) is 12.4. The largest absolute Gasteiger partial charge is 0.360 e. The topological polar surface area (TPSA) is 58.4 Å². The molecule has 1 aliphatic heterocycles. The predicted octanol–water partition coefficient (Wildman–Crippen LogP) is 2.16. The second kappa shape index (κ2) is 5.44. The zero-order chi connectivity index (χ0) is 14.2. The smallest absolute Gasteiger partial charge is 0.273 e. The standard InChI is InChI=1S/C16H23N3O2/c20-16(14-8-15(21-18-14)12-4-5-12)17-13-6-7-19(10-13)9-11-2-1-3-11/h8,11-13H,1-7,9-10H2,(H,17,20). The van der Waals surface area contributed by atoms with Crippen LogP contribution >= 0.6 is 0 Å². The SMILES string of the molecule is O=C(NC1CCN(CC2CCC2)C1)c1cc(C2CC2)on1. The number of carbonyl (C=O) groups is 1. The first-order chi connectivity index (χ1) is 10.3. The van der Waals surface area contributed by atoms with Crippen molar-refractivity contribution in [2.75, 3.05) is 19.6 Å². The van der Waals surface area contributed by atoms with Crippen LogP contribution in [0.5, 0.6) is 0 Å². The summed E-state index contributed by atoms with van der Waals surface area (Å²) in [5, 5.41) is 7.01. The summed E-state index contributed by atoms with van der Waals surface area (Å²) < 4.78 is 5.25. The summed E-state index contributed by atoms with van der Waals surface area (Å²) >= 11 is 0. The molecule has 1 aromatic heterocycles. The van der Waals surface area contributed by atoms with Crippen LogP contribution in [0, 0.1) is 5.92 Å². The molecule has 114 valence electrons. The summed E-state index contributed by atoms with van der Waals surface area (Å²) in [6.07, 6.45) is 7.54. The number of hydrogen-bond donors (Lipinski definition) is 1. The maximum atomic E-state index is 12.2. The minimum absolute atomic E-state index is 0.0823. The average Bonchev–Trinajstić information content (AvgIpc) is 2.99. The third-order valence-corrected chi connectivity index (χ3v) is 5.09. The molecule has 5 heteroatoms. The number of hydrogen-bond acceptors (Lipinski definition) is 4. The van der Waals surface area contributed by atoms with Gasteiger partial charge in [-0.25, -0.2) is 0 Å². The average molecular weight is 289 g/mol. The first-order valence-corrected chi connectivity index (χ1v) is 8.28. The molecule has 1 unspecified atom stereocenters. The van der Waals surface area contributed by atoms with Crippen LogP contribution in [0.3, 0.4) is 0 Å². The van der Waals surface area contributed by atoms with Crippen molar-refractivity contribution >= 4 is 5.91 Å². The third-order valence-electron chi connectivity index (χ3n) is 5.09. The van der Waals surface area contributed by atoms with Crippen LogP contribution in [0.25, 0.3) is 0 Å². The van der Waals surface area contributed by atoms with E-state index in [1.54, 1.807) is 0 Å². The minimum Gasteiger partial charge on any atom is -0.360 e. The van der Waals surface area contributed by atoms with Crippen molar-refractivity contribution in [3.8, 4) is 0 Å². The van der Waals surface area contributed by atoms with E-state index in [2.05, 4.69) is 15.4 Å². The van der Waals surface area contributed by atoms with Gasteiger partial charge in [0, 0.05) is 37.7 Å². The van der Waals surface area contributed by atoms with Crippen LogP contribution in [0.4, 0.5) is 0 Å². The molecule has 1 atom stereocenters. The van der Waals surface area contributed by atoms with Gasteiger partial charge in [-0.15, -0.1) is 0 Å². The van der Waals surface area contributed by atoms with Gasteiger partial charge in [0.05, 0.1) is 0 Å². The van der Waals surface area contributed by atoms with Gasteiger partial charge in [-0.2, -0.15) is 0 Å². The Bertz CT molecular complexity index is 519. The highest BCUT2D eigenvalue weighted by molar-refractivity contribution is 5.92. The van der Waals surface area contributed by atoms with Crippen LogP contribution in [0.2, 0.25) is 0 Å². The van der Waals surface area contributed by atoms with Crippen LogP contribution in [-0.4, -0.2) is 41.6 Å². The van der Waals surface area contributed by atoms with Crippen LogP contribution in [0.15, 0.2) is 10.6 Å². The van der Waals surface area contributed by atoms with Crippen molar-refractivity contribution in [2.45, 2.75) is 50.5 Å². The fourth-order valence-corrected chi connectivity index (χ4v) is 3.37. The van der Waals surface area contributed by atoms with Crippen molar-refractivity contribution in [3.63, 3.8) is 0 Å². The quantitative estimate of drug-likeness (QED) is 0.902. The lowest BCUT2D eigenvalue weighted by molar-refractivity contribution is 0.0927. The molecule has 2 heterocycles. The number of rotatable bonds is 5. The molecule has 3 aliphatic rings. The summed E-state index contributed by atoms with van der Waals surface area (Å²) in [4.78, 5) is 14.7. The molecule has 1 amide bonds. The van der Waals surface area contributed by atoms with Crippen LogP contribution < -0.4 is 5.32 Å². The molecule has 0 spiro atoms. The number of nitrogens with zero attached hydrogens (tertiary/aromatic N) is 2. The van der Waals surface area contributed by atoms with Crippen molar-refractivity contribution in [1.29, 1.82) is 0 Å².